The minimum atomic E-state index is -0.786. The quantitative estimate of drug-likeness (QED) is 0.559. The predicted octanol–water partition coefficient (Wildman–Crippen LogP) is 4.08. The van der Waals surface area contributed by atoms with E-state index in [9.17, 15) is 14.0 Å². The molecule has 196 valence electrons. The number of piperidine rings is 1. The average molecular weight is 500 g/mol. The molecule has 9 heteroatoms. The molecule has 0 spiro atoms. The first-order valence-electron chi connectivity index (χ1n) is 12.8. The second kappa shape index (κ2) is 10.2. The minimum Gasteiger partial charge on any atom is -0.444 e. The van der Waals surface area contributed by atoms with Crippen LogP contribution in [0.4, 0.5) is 9.18 Å². The maximum atomic E-state index is 14.9. The summed E-state index contributed by atoms with van der Waals surface area (Å²) >= 11 is 0. The summed E-state index contributed by atoms with van der Waals surface area (Å²) in [5.41, 5.74) is 7.57. The van der Waals surface area contributed by atoms with Crippen molar-refractivity contribution in [1.82, 2.24) is 20.0 Å². The topological polar surface area (TPSA) is 102 Å². The summed E-state index contributed by atoms with van der Waals surface area (Å²) in [7, 11) is 0. The molecule has 2 heterocycles. The third kappa shape index (κ3) is 5.88. The van der Waals surface area contributed by atoms with E-state index in [4.69, 9.17) is 10.5 Å². The highest BCUT2D eigenvalue weighted by molar-refractivity contribution is 5.87. The number of hydrogen-bond acceptors (Lipinski definition) is 5. The standard InChI is InChI=1S/C27H38FN5O3/c1-16(2)14-32-15-20(13-30-32)17-6-7-18(22(28)11-17)12-23(29)31-25(34)24-19-8-9-21(10-19)33(24)26(35)36-27(3,4)5/h6-7,11,13,15-16,19,21,23-24H,8-10,12,14,29H2,1-5H3,(H,31,34)/t19-,21+,23-,24-/m0/s1. The fourth-order valence-corrected chi connectivity index (χ4v) is 5.34. The van der Waals surface area contributed by atoms with E-state index >= 15 is 0 Å². The van der Waals surface area contributed by atoms with Gasteiger partial charge in [-0.1, -0.05) is 26.0 Å². The first-order chi connectivity index (χ1) is 16.9. The number of rotatable bonds is 7. The molecule has 36 heavy (non-hydrogen) atoms. The van der Waals surface area contributed by atoms with Gasteiger partial charge in [0.2, 0.25) is 5.91 Å². The molecule has 1 aromatic carbocycles. The zero-order valence-corrected chi connectivity index (χ0v) is 21.8. The van der Waals surface area contributed by atoms with Crippen molar-refractivity contribution in [2.45, 2.75) is 90.7 Å². The van der Waals surface area contributed by atoms with E-state index in [2.05, 4.69) is 24.3 Å². The smallest absolute Gasteiger partial charge is 0.411 e. The van der Waals surface area contributed by atoms with Crippen LogP contribution in [0.2, 0.25) is 0 Å². The Bertz CT molecular complexity index is 1110. The lowest BCUT2D eigenvalue weighted by molar-refractivity contribution is -0.128. The first kappa shape index (κ1) is 26.1. The number of nitrogens with zero attached hydrogens (tertiary/aromatic N) is 3. The third-order valence-electron chi connectivity index (χ3n) is 6.80. The summed E-state index contributed by atoms with van der Waals surface area (Å²) in [4.78, 5) is 27.6. The van der Waals surface area contributed by atoms with E-state index in [-0.39, 0.29) is 30.1 Å². The second-order valence-corrected chi connectivity index (χ2v) is 11.5. The molecule has 4 atom stereocenters. The highest BCUT2D eigenvalue weighted by Crippen LogP contribution is 2.43. The molecular weight excluding hydrogens is 461 g/mol. The number of nitrogens with two attached hydrogens (primary N) is 1. The Morgan fingerprint density at radius 2 is 2.00 bits per heavy atom. The van der Waals surface area contributed by atoms with Crippen LogP contribution >= 0.6 is 0 Å². The van der Waals surface area contributed by atoms with Crippen LogP contribution < -0.4 is 11.1 Å². The molecule has 2 aliphatic rings. The monoisotopic (exact) mass is 499 g/mol. The van der Waals surface area contributed by atoms with Gasteiger partial charge in [-0.15, -0.1) is 0 Å². The molecule has 2 bridgehead atoms. The Labute approximate surface area is 212 Å². The number of carbonyl (C=O) groups is 2. The maximum absolute atomic E-state index is 14.9. The number of benzene rings is 1. The number of nitrogens with one attached hydrogen (secondary N) is 1. The number of ether oxygens (including phenoxy) is 1. The summed E-state index contributed by atoms with van der Waals surface area (Å²) in [6.45, 7) is 10.4. The van der Waals surface area contributed by atoms with Crippen molar-refractivity contribution in [3.8, 4) is 11.1 Å². The normalized spacial score (nSPS) is 22.2. The van der Waals surface area contributed by atoms with E-state index in [1.54, 1.807) is 17.2 Å². The van der Waals surface area contributed by atoms with Gasteiger partial charge in [0.15, 0.2) is 0 Å². The number of amides is 2. The molecular formula is C27H38FN5O3. The predicted molar refractivity (Wildman–Crippen MR) is 135 cm³/mol. The maximum Gasteiger partial charge on any atom is 0.411 e. The largest absolute Gasteiger partial charge is 0.444 e. The van der Waals surface area contributed by atoms with Crippen LogP contribution in [0.5, 0.6) is 0 Å². The molecule has 3 N–H and O–H groups in total. The Morgan fingerprint density at radius 3 is 2.67 bits per heavy atom. The van der Waals surface area contributed by atoms with E-state index in [1.807, 2.05) is 37.7 Å². The first-order valence-corrected chi connectivity index (χ1v) is 12.8. The number of likely N-dealkylation sites (tertiary alicyclic amines) is 1. The molecule has 1 saturated carbocycles. The van der Waals surface area contributed by atoms with Crippen molar-refractivity contribution < 1.29 is 18.7 Å². The van der Waals surface area contributed by atoms with Crippen LogP contribution in [-0.2, 0) is 22.5 Å². The highest BCUT2D eigenvalue weighted by Gasteiger charge is 2.52. The average Bonchev–Trinajstić information content (AvgIpc) is 3.49. The van der Waals surface area contributed by atoms with Gasteiger partial charge in [0, 0.05) is 30.8 Å². The molecule has 1 saturated heterocycles. The molecule has 4 rings (SSSR count). The van der Waals surface area contributed by atoms with Crippen molar-refractivity contribution in [1.29, 1.82) is 0 Å². The number of carbonyl (C=O) groups excluding carboxylic acids is 2. The lowest BCUT2D eigenvalue weighted by Gasteiger charge is -2.36. The second-order valence-electron chi connectivity index (χ2n) is 11.5. The molecule has 1 aliphatic carbocycles. The molecule has 8 nitrogen and oxygen atoms in total. The summed E-state index contributed by atoms with van der Waals surface area (Å²) in [6, 6.07) is 4.40. The van der Waals surface area contributed by atoms with E-state index in [1.165, 1.54) is 6.07 Å². The number of halogens is 1. The summed E-state index contributed by atoms with van der Waals surface area (Å²) < 4.78 is 22.3. The van der Waals surface area contributed by atoms with Gasteiger partial charge in [0.1, 0.15) is 17.5 Å². The molecule has 0 radical (unpaired) electrons. The zero-order chi connectivity index (χ0) is 26.2. The van der Waals surface area contributed by atoms with E-state index < -0.39 is 23.9 Å². The van der Waals surface area contributed by atoms with Crippen LogP contribution in [-0.4, -0.2) is 50.5 Å². The molecule has 1 aliphatic heterocycles. The van der Waals surface area contributed by atoms with Crippen LogP contribution in [0.1, 0.15) is 59.4 Å². The van der Waals surface area contributed by atoms with Crippen molar-refractivity contribution in [3.05, 3.63) is 42.0 Å². The van der Waals surface area contributed by atoms with Gasteiger partial charge in [-0.25, -0.2) is 9.18 Å². The van der Waals surface area contributed by atoms with Crippen LogP contribution in [0.25, 0.3) is 11.1 Å². The molecule has 0 unspecified atom stereocenters. The van der Waals surface area contributed by atoms with Gasteiger partial charge in [-0.3, -0.25) is 14.4 Å². The number of fused-ring (bicyclic) bond motifs is 2. The summed E-state index contributed by atoms with van der Waals surface area (Å²) in [6.07, 6.45) is 5.07. The van der Waals surface area contributed by atoms with Crippen LogP contribution in [0.3, 0.4) is 0 Å². The fourth-order valence-electron chi connectivity index (χ4n) is 5.34. The SMILES string of the molecule is CC(C)Cn1cc(-c2ccc(C[C@@H](N)NC(=O)[C@@H]3[C@H]4CC[C@H](C4)N3C(=O)OC(C)(C)C)c(F)c2)cn1. The molecule has 2 amide bonds. The number of aromatic nitrogens is 2. The zero-order valence-electron chi connectivity index (χ0n) is 21.8. The Morgan fingerprint density at radius 1 is 1.25 bits per heavy atom. The molecule has 2 fully saturated rings. The van der Waals surface area contributed by atoms with Crippen molar-refractivity contribution in [2.75, 3.05) is 0 Å². The molecule has 2 aromatic rings. The van der Waals surface area contributed by atoms with Crippen LogP contribution in [0.15, 0.2) is 30.6 Å². The van der Waals surface area contributed by atoms with Crippen molar-refractivity contribution in [3.63, 3.8) is 0 Å². The Hall–Kier alpha value is -2.94. The van der Waals surface area contributed by atoms with Crippen molar-refractivity contribution in [2.24, 2.45) is 17.6 Å². The van der Waals surface area contributed by atoms with Gasteiger partial charge in [0.25, 0.3) is 0 Å². The fraction of sp³-hybridized carbons (Fsp3) is 0.593. The lowest BCUT2D eigenvalue weighted by Crippen LogP contribution is -2.57. The molecule has 1 aromatic heterocycles. The van der Waals surface area contributed by atoms with Crippen molar-refractivity contribution >= 4 is 12.0 Å². The van der Waals surface area contributed by atoms with Gasteiger partial charge in [-0.05, 0) is 69.1 Å². The Kier molecular flexibility index (Phi) is 7.41. The third-order valence-corrected chi connectivity index (χ3v) is 6.80. The number of hydrogen-bond donors (Lipinski definition) is 2. The van der Waals surface area contributed by atoms with Gasteiger partial charge < -0.3 is 15.8 Å². The van der Waals surface area contributed by atoms with Gasteiger partial charge in [0.05, 0.1) is 12.4 Å². The van der Waals surface area contributed by atoms with Gasteiger partial charge in [-0.2, -0.15) is 5.10 Å². The van der Waals surface area contributed by atoms with E-state index in [0.717, 1.165) is 36.9 Å². The lowest BCUT2D eigenvalue weighted by atomic mass is 9.97. The Balaban J connectivity index is 1.39. The van der Waals surface area contributed by atoms with Gasteiger partial charge >= 0.3 is 6.09 Å². The highest BCUT2D eigenvalue weighted by atomic mass is 19.1. The summed E-state index contributed by atoms with van der Waals surface area (Å²) in [5, 5.41) is 7.15. The van der Waals surface area contributed by atoms with Crippen LogP contribution in [0, 0.1) is 17.7 Å². The van der Waals surface area contributed by atoms with E-state index in [0.29, 0.717) is 11.5 Å². The minimum absolute atomic E-state index is 0.00621. The summed E-state index contributed by atoms with van der Waals surface area (Å²) in [5.74, 6) is -0.147.